The lowest BCUT2D eigenvalue weighted by Gasteiger charge is -2.14. The SMILES string of the molecule is Cc1cc(Br)cc(/C=C/C(=O)O)c1OCCOC(C)C. The van der Waals surface area contributed by atoms with Gasteiger partial charge in [-0.05, 0) is 44.5 Å². The van der Waals surface area contributed by atoms with E-state index in [-0.39, 0.29) is 6.10 Å². The van der Waals surface area contributed by atoms with Crippen molar-refractivity contribution in [1.82, 2.24) is 0 Å². The molecule has 0 unspecified atom stereocenters. The van der Waals surface area contributed by atoms with Crippen molar-refractivity contribution in [1.29, 1.82) is 0 Å². The van der Waals surface area contributed by atoms with E-state index in [9.17, 15) is 4.79 Å². The predicted octanol–water partition coefficient (Wildman–Crippen LogP) is 3.66. The summed E-state index contributed by atoms with van der Waals surface area (Å²) < 4.78 is 12.0. The largest absolute Gasteiger partial charge is 0.490 e. The van der Waals surface area contributed by atoms with E-state index in [0.29, 0.717) is 19.0 Å². The molecule has 5 heteroatoms. The van der Waals surface area contributed by atoms with Crippen LogP contribution in [0.15, 0.2) is 22.7 Å². The molecule has 1 rings (SSSR count). The zero-order valence-electron chi connectivity index (χ0n) is 11.9. The van der Waals surface area contributed by atoms with Crippen LogP contribution in [0.5, 0.6) is 5.75 Å². The minimum Gasteiger partial charge on any atom is -0.490 e. The van der Waals surface area contributed by atoms with Gasteiger partial charge in [-0.25, -0.2) is 4.79 Å². The fourth-order valence-electron chi connectivity index (χ4n) is 1.67. The lowest BCUT2D eigenvalue weighted by atomic mass is 10.1. The molecule has 0 spiro atoms. The molecule has 4 nitrogen and oxygen atoms in total. The summed E-state index contributed by atoms with van der Waals surface area (Å²) in [5.41, 5.74) is 1.66. The monoisotopic (exact) mass is 342 g/mol. The topological polar surface area (TPSA) is 55.8 Å². The molecule has 0 bridgehead atoms. The number of hydrogen-bond donors (Lipinski definition) is 1. The fraction of sp³-hybridized carbons (Fsp3) is 0.400. The van der Waals surface area contributed by atoms with Crippen LogP contribution in [0.4, 0.5) is 0 Å². The zero-order valence-corrected chi connectivity index (χ0v) is 13.4. The van der Waals surface area contributed by atoms with E-state index < -0.39 is 5.97 Å². The summed E-state index contributed by atoms with van der Waals surface area (Å²) in [5, 5.41) is 8.72. The van der Waals surface area contributed by atoms with Gasteiger partial charge >= 0.3 is 5.97 Å². The first-order valence-electron chi connectivity index (χ1n) is 6.35. The molecule has 1 aromatic carbocycles. The number of carboxylic acids is 1. The van der Waals surface area contributed by atoms with E-state index in [1.54, 1.807) is 0 Å². The van der Waals surface area contributed by atoms with Gasteiger partial charge in [0.05, 0.1) is 12.7 Å². The number of hydrogen-bond acceptors (Lipinski definition) is 3. The van der Waals surface area contributed by atoms with Crippen molar-refractivity contribution in [2.75, 3.05) is 13.2 Å². The van der Waals surface area contributed by atoms with Gasteiger partial charge in [-0.2, -0.15) is 0 Å². The second-order valence-corrected chi connectivity index (χ2v) is 5.50. The maximum absolute atomic E-state index is 10.6. The summed E-state index contributed by atoms with van der Waals surface area (Å²) >= 11 is 3.39. The Morgan fingerprint density at radius 1 is 1.40 bits per heavy atom. The van der Waals surface area contributed by atoms with Gasteiger partial charge in [-0.15, -0.1) is 0 Å². The highest BCUT2D eigenvalue weighted by molar-refractivity contribution is 9.10. The fourth-order valence-corrected chi connectivity index (χ4v) is 2.26. The molecule has 1 N–H and O–H groups in total. The minimum absolute atomic E-state index is 0.163. The van der Waals surface area contributed by atoms with Gasteiger partial charge in [-0.1, -0.05) is 15.9 Å². The van der Waals surface area contributed by atoms with Gasteiger partial charge in [0, 0.05) is 16.1 Å². The highest BCUT2D eigenvalue weighted by Crippen LogP contribution is 2.29. The quantitative estimate of drug-likeness (QED) is 0.606. The highest BCUT2D eigenvalue weighted by atomic mass is 79.9. The van der Waals surface area contributed by atoms with Gasteiger partial charge in [0.25, 0.3) is 0 Å². The molecule has 110 valence electrons. The maximum atomic E-state index is 10.6. The summed E-state index contributed by atoms with van der Waals surface area (Å²) in [6.07, 6.45) is 2.79. The van der Waals surface area contributed by atoms with Crippen molar-refractivity contribution in [2.24, 2.45) is 0 Å². The average Bonchev–Trinajstić information content (AvgIpc) is 2.33. The van der Waals surface area contributed by atoms with Gasteiger partial charge in [0.15, 0.2) is 0 Å². The second-order valence-electron chi connectivity index (χ2n) is 4.58. The molecule has 1 aromatic rings. The van der Waals surface area contributed by atoms with Crippen molar-refractivity contribution < 1.29 is 19.4 Å². The Labute approximate surface area is 127 Å². The number of aliphatic carboxylic acids is 1. The summed E-state index contributed by atoms with van der Waals surface area (Å²) in [6.45, 7) is 6.77. The summed E-state index contributed by atoms with van der Waals surface area (Å²) in [4.78, 5) is 10.6. The van der Waals surface area contributed by atoms with Gasteiger partial charge in [0.2, 0.25) is 0 Å². The van der Waals surface area contributed by atoms with E-state index in [4.69, 9.17) is 14.6 Å². The van der Waals surface area contributed by atoms with Crippen molar-refractivity contribution in [3.8, 4) is 5.75 Å². The van der Waals surface area contributed by atoms with Crippen LogP contribution in [0, 0.1) is 6.92 Å². The molecule has 0 fully saturated rings. The Morgan fingerprint density at radius 2 is 2.10 bits per heavy atom. The normalized spacial score (nSPS) is 11.2. The number of halogens is 1. The molecule has 0 aliphatic heterocycles. The van der Waals surface area contributed by atoms with Gasteiger partial charge < -0.3 is 14.6 Å². The summed E-state index contributed by atoms with van der Waals surface area (Å²) in [7, 11) is 0. The molecule has 0 aliphatic carbocycles. The third-order valence-corrected chi connectivity index (χ3v) is 2.91. The first-order valence-corrected chi connectivity index (χ1v) is 7.15. The minimum atomic E-state index is -0.989. The average molecular weight is 343 g/mol. The molecular formula is C15H19BrO4. The Balaban J connectivity index is 2.84. The number of carboxylic acid groups (broad SMARTS) is 1. The molecule has 0 aliphatic rings. The second kappa shape index (κ2) is 8.07. The number of ether oxygens (including phenoxy) is 2. The van der Waals surface area contributed by atoms with Gasteiger partial charge in [0.1, 0.15) is 12.4 Å². The molecule has 0 heterocycles. The van der Waals surface area contributed by atoms with E-state index in [1.807, 2.05) is 32.9 Å². The first kappa shape index (κ1) is 16.7. The third-order valence-electron chi connectivity index (χ3n) is 2.45. The Hall–Kier alpha value is -1.33. The molecule has 0 atom stereocenters. The van der Waals surface area contributed by atoms with Crippen LogP contribution in [0.3, 0.4) is 0 Å². The summed E-state index contributed by atoms with van der Waals surface area (Å²) in [5.74, 6) is -0.310. The Bertz CT molecular complexity index is 495. The smallest absolute Gasteiger partial charge is 0.328 e. The van der Waals surface area contributed by atoms with Crippen LogP contribution in [0.1, 0.15) is 25.0 Å². The van der Waals surface area contributed by atoms with Crippen LogP contribution in [0.2, 0.25) is 0 Å². The predicted molar refractivity (Wildman–Crippen MR) is 82.1 cm³/mol. The maximum Gasteiger partial charge on any atom is 0.328 e. The molecule has 0 saturated heterocycles. The van der Waals surface area contributed by atoms with Crippen molar-refractivity contribution in [2.45, 2.75) is 26.9 Å². The third kappa shape index (κ3) is 5.75. The molecule has 0 saturated carbocycles. The van der Waals surface area contributed by atoms with E-state index in [0.717, 1.165) is 21.7 Å². The molecule has 0 amide bonds. The zero-order chi connectivity index (χ0) is 15.1. The lowest BCUT2D eigenvalue weighted by molar-refractivity contribution is -0.131. The Morgan fingerprint density at radius 3 is 2.70 bits per heavy atom. The molecule has 0 radical (unpaired) electrons. The number of rotatable bonds is 7. The van der Waals surface area contributed by atoms with Crippen LogP contribution >= 0.6 is 15.9 Å². The number of benzene rings is 1. The van der Waals surface area contributed by atoms with Crippen LogP contribution in [0.25, 0.3) is 6.08 Å². The summed E-state index contributed by atoms with van der Waals surface area (Å²) in [6, 6.07) is 3.75. The molecular weight excluding hydrogens is 324 g/mol. The van der Waals surface area contributed by atoms with Crippen molar-refractivity contribution in [3.05, 3.63) is 33.8 Å². The van der Waals surface area contributed by atoms with E-state index >= 15 is 0 Å². The van der Waals surface area contributed by atoms with Crippen molar-refractivity contribution >= 4 is 28.0 Å². The van der Waals surface area contributed by atoms with Crippen molar-refractivity contribution in [3.63, 3.8) is 0 Å². The van der Waals surface area contributed by atoms with Gasteiger partial charge in [-0.3, -0.25) is 0 Å². The molecule has 20 heavy (non-hydrogen) atoms. The molecule has 0 aromatic heterocycles. The van der Waals surface area contributed by atoms with Crippen LogP contribution < -0.4 is 4.74 Å². The number of aryl methyl sites for hydroxylation is 1. The standard InChI is InChI=1S/C15H19BrO4/c1-10(2)19-6-7-20-15-11(3)8-13(16)9-12(15)4-5-14(17)18/h4-5,8-10H,6-7H2,1-3H3,(H,17,18)/b5-4+. The van der Waals surface area contributed by atoms with E-state index in [2.05, 4.69) is 15.9 Å². The number of carbonyl (C=O) groups is 1. The lowest BCUT2D eigenvalue weighted by Crippen LogP contribution is -2.12. The Kier molecular flexibility index (Phi) is 6.75. The highest BCUT2D eigenvalue weighted by Gasteiger charge is 2.08. The van der Waals surface area contributed by atoms with Crippen LogP contribution in [-0.2, 0) is 9.53 Å². The van der Waals surface area contributed by atoms with Crippen LogP contribution in [-0.4, -0.2) is 30.4 Å². The van der Waals surface area contributed by atoms with E-state index in [1.165, 1.54) is 6.08 Å². The first-order chi connectivity index (χ1) is 9.40.